The van der Waals surface area contributed by atoms with Gasteiger partial charge in [-0.15, -0.1) is 0 Å². The number of H-pyrrole nitrogens is 2. The van der Waals surface area contributed by atoms with Gasteiger partial charge in [0.2, 0.25) is 5.95 Å². The van der Waals surface area contributed by atoms with Crippen LogP contribution < -0.4 is 16.9 Å². The molecule has 3 aliphatic rings. The molecule has 9 atom stereocenters. The molecular weight excluding hydrogens is 671 g/mol. The van der Waals surface area contributed by atoms with Gasteiger partial charge in [0.15, 0.2) is 34.7 Å². The van der Waals surface area contributed by atoms with E-state index in [2.05, 4.69) is 29.9 Å². The molecule has 2 unspecified atom stereocenters. The SMILES string of the molecule is Nc1nc2c(ncn2[C@@H]2O[C@@H]3COP(O)(=S)O[C@H]4C[C@H](n5cnc6c(=O)[nH]cnc65)O[C@@H]4COP(O)(=S)O[C@@H]2[C@@H]3F)c(=O)[nH]1. The third-order valence-electron chi connectivity index (χ3n) is 7.17. The quantitative estimate of drug-likeness (QED) is 0.168. The molecule has 0 aromatic carbocycles. The van der Waals surface area contributed by atoms with Crippen LogP contribution in [0.1, 0.15) is 18.9 Å². The van der Waals surface area contributed by atoms with Gasteiger partial charge in [0.05, 0.1) is 38.3 Å². The molecule has 0 amide bonds. The van der Waals surface area contributed by atoms with E-state index < -0.39 is 80.8 Å². The molecule has 236 valence electrons. The topological polar surface area (TPSA) is 249 Å². The van der Waals surface area contributed by atoms with Crippen molar-refractivity contribution in [3.63, 3.8) is 0 Å². The number of ether oxygens (including phenoxy) is 2. The number of hydrogen-bond acceptors (Lipinski definition) is 15. The van der Waals surface area contributed by atoms with Crippen LogP contribution in [-0.4, -0.2) is 92.6 Å². The van der Waals surface area contributed by atoms with E-state index >= 15 is 4.39 Å². The fourth-order valence-corrected chi connectivity index (χ4v) is 8.10. The van der Waals surface area contributed by atoms with E-state index in [0.717, 1.165) is 6.33 Å². The lowest BCUT2D eigenvalue weighted by molar-refractivity contribution is -0.0596. The molecule has 4 aromatic heterocycles. The van der Waals surface area contributed by atoms with E-state index in [1.807, 2.05) is 0 Å². The van der Waals surface area contributed by atoms with Gasteiger partial charge in [0.1, 0.15) is 24.5 Å². The number of anilines is 1. The summed E-state index contributed by atoms with van der Waals surface area (Å²) in [4.78, 5) is 67.4. The summed E-state index contributed by atoms with van der Waals surface area (Å²) in [5.74, 6) is -0.233. The third-order valence-corrected chi connectivity index (χ3v) is 10.3. The molecule has 2 bridgehead atoms. The Morgan fingerprint density at radius 3 is 2.39 bits per heavy atom. The van der Waals surface area contributed by atoms with Crippen LogP contribution in [0.3, 0.4) is 0 Å². The van der Waals surface area contributed by atoms with Crippen LogP contribution in [0.15, 0.2) is 28.6 Å². The Hall–Kier alpha value is -2.59. The zero-order chi connectivity index (χ0) is 31.0. The first-order valence-electron chi connectivity index (χ1n) is 12.8. The highest BCUT2D eigenvalue weighted by molar-refractivity contribution is 8.07. The Balaban J connectivity index is 1.19. The normalized spacial score (nSPS) is 36.6. The number of nitrogens with one attached hydrogen (secondary N) is 2. The van der Waals surface area contributed by atoms with Crippen molar-refractivity contribution in [3.8, 4) is 0 Å². The summed E-state index contributed by atoms with van der Waals surface area (Å²) in [6, 6.07) is 0. The summed E-state index contributed by atoms with van der Waals surface area (Å²) in [7, 11) is 0. The van der Waals surface area contributed by atoms with Crippen molar-refractivity contribution in [3.05, 3.63) is 39.7 Å². The zero-order valence-corrected chi connectivity index (χ0v) is 25.3. The van der Waals surface area contributed by atoms with Gasteiger partial charge >= 0.3 is 13.4 Å². The Labute approximate surface area is 253 Å². The molecule has 0 saturated carbocycles. The maximum absolute atomic E-state index is 15.8. The van der Waals surface area contributed by atoms with Crippen molar-refractivity contribution in [2.45, 2.75) is 49.5 Å². The lowest BCUT2D eigenvalue weighted by Gasteiger charge is -2.27. The number of nitrogens with zero attached hydrogens (tertiary/aromatic N) is 6. The lowest BCUT2D eigenvalue weighted by Crippen LogP contribution is -2.32. The Bertz CT molecular complexity index is 1970. The predicted molar refractivity (Wildman–Crippen MR) is 153 cm³/mol. The first kappa shape index (κ1) is 30.1. The van der Waals surface area contributed by atoms with Crippen molar-refractivity contribution in [1.82, 2.24) is 39.0 Å². The molecule has 4 aromatic rings. The molecule has 6 N–H and O–H groups in total. The second kappa shape index (κ2) is 11.0. The summed E-state index contributed by atoms with van der Waals surface area (Å²) >= 11 is 10.4. The minimum Gasteiger partial charge on any atom is -0.369 e. The smallest absolute Gasteiger partial charge is 0.325 e. The lowest BCUT2D eigenvalue weighted by atomic mass is 10.1. The van der Waals surface area contributed by atoms with E-state index in [9.17, 15) is 19.4 Å². The van der Waals surface area contributed by atoms with Gasteiger partial charge in [0.25, 0.3) is 11.1 Å². The summed E-state index contributed by atoms with van der Waals surface area (Å²) in [6.07, 6.45) is -5.42. The van der Waals surface area contributed by atoms with E-state index in [1.54, 1.807) is 0 Å². The van der Waals surface area contributed by atoms with Gasteiger partial charge in [-0.3, -0.25) is 28.2 Å². The van der Waals surface area contributed by atoms with Crippen molar-refractivity contribution in [1.29, 1.82) is 0 Å². The van der Waals surface area contributed by atoms with Crippen LogP contribution in [0.4, 0.5) is 10.3 Å². The van der Waals surface area contributed by atoms with Gasteiger partial charge < -0.3 is 43.5 Å². The maximum atomic E-state index is 15.8. The van der Waals surface area contributed by atoms with Crippen LogP contribution in [0.25, 0.3) is 22.3 Å². The molecular formula is C20H22FN9O10P2S2. The Morgan fingerprint density at radius 2 is 1.61 bits per heavy atom. The van der Waals surface area contributed by atoms with Crippen molar-refractivity contribution in [2.75, 3.05) is 18.9 Å². The third kappa shape index (κ3) is 5.44. The zero-order valence-electron chi connectivity index (χ0n) is 21.9. The summed E-state index contributed by atoms with van der Waals surface area (Å²) in [5, 5.41) is 0. The Kier molecular flexibility index (Phi) is 7.55. The molecule has 24 heteroatoms. The van der Waals surface area contributed by atoms with Crippen molar-refractivity contribution in [2.24, 2.45) is 0 Å². The van der Waals surface area contributed by atoms with Gasteiger partial charge in [-0.2, -0.15) is 4.98 Å². The fraction of sp³-hybridized carbons (Fsp3) is 0.500. The van der Waals surface area contributed by atoms with Crippen LogP contribution in [-0.2, 0) is 51.2 Å². The number of hydrogen-bond donors (Lipinski definition) is 5. The first-order valence-corrected chi connectivity index (χ1v) is 18.0. The average Bonchev–Trinajstić information content (AvgIpc) is 3.72. The second-order valence-electron chi connectivity index (χ2n) is 9.95. The van der Waals surface area contributed by atoms with Gasteiger partial charge in [-0.05, 0) is 23.6 Å². The van der Waals surface area contributed by atoms with Crippen molar-refractivity contribution < 1.29 is 41.7 Å². The molecule has 44 heavy (non-hydrogen) atoms. The number of aromatic amines is 2. The highest BCUT2D eigenvalue weighted by Gasteiger charge is 2.51. The molecule has 19 nitrogen and oxygen atoms in total. The van der Waals surface area contributed by atoms with Crippen LogP contribution >= 0.6 is 13.4 Å². The molecule has 3 saturated heterocycles. The molecule has 7 rings (SSSR count). The maximum Gasteiger partial charge on any atom is 0.325 e. The number of alkyl halides is 1. The number of rotatable bonds is 2. The van der Waals surface area contributed by atoms with E-state index in [4.69, 9.17) is 56.9 Å². The first-order chi connectivity index (χ1) is 20.9. The van der Waals surface area contributed by atoms with E-state index in [1.165, 1.54) is 21.8 Å². The highest BCUT2D eigenvalue weighted by atomic mass is 32.5. The number of halogens is 1. The van der Waals surface area contributed by atoms with Gasteiger partial charge in [-0.1, -0.05) is 0 Å². The van der Waals surface area contributed by atoms with Crippen LogP contribution in [0.2, 0.25) is 0 Å². The standard InChI is InChI=1S/C20H22FN9O10P2S2/c21-11-9-3-36-41(33,43)39-7-1-10(29-5-25-12-15(29)23-4-24-17(12)31)37-8(7)2-35-42(34,44)40-14(11)19(38-9)30-6-26-13-16(30)27-20(22)28-18(13)32/h4-11,14,19H,1-3H2,(H,33,43)(H,34,44)(H,23,24,31)(H3,22,27,28,32)/t7-,8+,9+,10+,11+,14+,19+,41?,42?/m0/s1. The molecule has 0 aliphatic carbocycles. The van der Waals surface area contributed by atoms with E-state index in [-0.39, 0.29) is 34.7 Å². The number of fused-ring (bicyclic) bond motifs is 5. The highest BCUT2D eigenvalue weighted by Crippen LogP contribution is 2.54. The van der Waals surface area contributed by atoms with Crippen molar-refractivity contribution >= 4 is 65.3 Å². The monoisotopic (exact) mass is 693 g/mol. The second-order valence-corrected chi connectivity index (χ2v) is 15.5. The van der Waals surface area contributed by atoms with Gasteiger partial charge in [0, 0.05) is 6.42 Å². The molecule has 7 heterocycles. The van der Waals surface area contributed by atoms with Gasteiger partial charge in [-0.25, -0.2) is 19.3 Å². The molecule has 0 radical (unpaired) electrons. The average molecular weight is 694 g/mol. The summed E-state index contributed by atoms with van der Waals surface area (Å²) in [6.45, 7) is -9.32. The molecule has 3 fully saturated rings. The number of imidazole rings is 2. The summed E-state index contributed by atoms with van der Waals surface area (Å²) in [5.41, 5.74) is 4.71. The molecule has 0 spiro atoms. The van der Waals surface area contributed by atoms with Crippen LogP contribution in [0, 0.1) is 0 Å². The largest absolute Gasteiger partial charge is 0.369 e. The minimum absolute atomic E-state index is 0.0563. The number of nitrogen functional groups attached to an aromatic ring is 1. The summed E-state index contributed by atoms with van der Waals surface area (Å²) < 4.78 is 52.9. The fourth-order valence-electron chi connectivity index (χ4n) is 5.22. The van der Waals surface area contributed by atoms with E-state index in [0.29, 0.717) is 0 Å². The molecule has 3 aliphatic heterocycles. The Morgan fingerprint density at radius 1 is 0.932 bits per heavy atom. The number of nitrogens with two attached hydrogens (primary N) is 1. The van der Waals surface area contributed by atoms with Crippen LogP contribution in [0.5, 0.6) is 0 Å². The number of aromatic nitrogens is 8. The predicted octanol–water partition coefficient (Wildman–Crippen LogP) is -0.391. The minimum atomic E-state index is -4.23.